The molecule has 0 aliphatic carbocycles. The first-order chi connectivity index (χ1) is 21.1. The summed E-state index contributed by atoms with van der Waals surface area (Å²) in [7, 11) is -4.12. The van der Waals surface area contributed by atoms with Crippen LogP contribution >= 0.6 is 22.6 Å². The standard InChI is InChI=1S/C35H38IN3O4S/c1-4-27(3)37-35(41)33(23-28-11-7-5-8-12-28)38(24-29-17-15-26(2)16-18-29)34(40)25-39(31-21-19-30(36)20-22-31)44(42,43)32-13-9-6-10-14-32/h5-22,27,33H,4,23-25H2,1-3H3,(H,37,41)/t27-,33-/m0/s1. The van der Waals surface area contributed by atoms with Crippen LogP contribution in [0, 0.1) is 10.5 Å². The number of aryl methyl sites for hydroxylation is 1. The molecule has 0 spiro atoms. The molecule has 7 nitrogen and oxygen atoms in total. The zero-order chi connectivity index (χ0) is 31.7. The van der Waals surface area contributed by atoms with Crippen molar-refractivity contribution >= 4 is 50.1 Å². The van der Waals surface area contributed by atoms with Gasteiger partial charge >= 0.3 is 0 Å². The Labute approximate surface area is 274 Å². The van der Waals surface area contributed by atoms with Gasteiger partial charge in [-0.3, -0.25) is 13.9 Å². The van der Waals surface area contributed by atoms with Gasteiger partial charge in [0, 0.05) is 22.6 Å². The van der Waals surface area contributed by atoms with Crippen LogP contribution < -0.4 is 9.62 Å². The number of sulfonamides is 1. The Kier molecular flexibility index (Phi) is 11.6. The lowest BCUT2D eigenvalue weighted by molar-refractivity contribution is -0.140. The highest BCUT2D eigenvalue weighted by Crippen LogP contribution is 2.26. The minimum Gasteiger partial charge on any atom is -0.352 e. The van der Waals surface area contributed by atoms with Crippen LogP contribution in [0.4, 0.5) is 5.69 Å². The van der Waals surface area contributed by atoms with Gasteiger partial charge in [0.15, 0.2) is 0 Å². The summed E-state index contributed by atoms with van der Waals surface area (Å²) in [6.45, 7) is 5.55. The van der Waals surface area contributed by atoms with E-state index in [2.05, 4.69) is 27.9 Å². The second-order valence-electron chi connectivity index (χ2n) is 10.8. The van der Waals surface area contributed by atoms with Crippen molar-refractivity contribution in [3.05, 3.63) is 129 Å². The Balaban J connectivity index is 1.79. The van der Waals surface area contributed by atoms with Crippen LogP contribution in [-0.2, 0) is 32.6 Å². The number of hydrogen-bond acceptors (Lipinski definition) is 4. The van der Waals surface area contributed by atoms with Crippen molar-refractivity contribution in [1.29, 1.82) is 0 Å². The van der Waals surface area contributed by atoms with Crippen LogP contribution in [0.3, 0.4) is 0 Å². The van der Waals surface area contributed by atoms with Crippen LogP contribution in [0.5, 0.6) is 0 Å². The Bertz CT molecular complexity index is 1630. The lowest BCUT2D eigenvalue weighted by Crippen LogP contribution is -2.54. The third-order valence-corrected chi connectivity index (χ3v) is 9.98. The topological polar surface area (TPSA) is 86.8 Å². The summed E-state index contributed by atoms with van der Waals surface area (Å²) in [5.74, 6) is -0.765. The van der Waals surface area contributed by atoms with Gasteiger partial charge in [0.05, 0.1) is 10.6 Å². The van der Waals surface area contributed by atoms with Crippen molar-refractivity contribution in [2.75, 3.05) is 10.8 Å². The first kappa shape index (κ1) is 33.2. The number of carbonyl (C=O) groups excluding carboxylic acids is 2. The summed E-state index contributed by atoms with van der Waals surface area (Å²) in [6.07, 6.45) is 1.00. The summed E-state index contributed by atoms with van der Waals surface area (Å²) < 4.78 is 30.1. The van der Waals surface area contributed by atoms with Crippen molar-refractivity contribution in [2.45, 2.75) is 57.1 Å². The predicted molar refractivity (Wildman–Crippen MR) is 184 cm³/mol. The number of nitrogens with one attached hydrogen (secondary N) is 1. The maximum absolute atomic E-state index is 14.5. The summed E-state index contributed by atoms with van der Waals surface area (Å²) in [6, 6.07) is 31.4. The van der Waals surface area contributed by atoms with Gasteiger partial charge in [-0.1, -0.05) is 85.3 Å². The summed E-state index contributed by atoms with van der Waals surface area (Å²) >= 11 is 2.15. The number of halogens is 1. The molecule has 2 atom stereocenters. The first-order valence-electron chi connectivity index (χ1n) is 14.6. The quantitative estimate of drug-likeness (QED) is 0.163. The molecule has 4 rings (SSSR count). The smallest absolute Gasteiger partial charge is 0.264 e. The lowest BCUT2D eigenvalue weighted by atomic mass is 10.0. The molecule has 1 N–H and O–H groups in total. The van der Waals surface area contributed by atoms with E-state index in [4.69, 9.17) is 0 Å². The van der Waals surface area contributed by atoms with Crippen LogP contribution in [0.2, 0.25) is 0 Å². The van der Waals surface area contributed by atoms with Crippen molar-refractivity contribution in [3.63, 3.8) is 0 Å². The van der Waals surface area contributed by atoms with Crippen molar-refractivity contribution in [2.24, 2.45) is 0 Å². The average Bonchev–Trinajstić information content (AvgIpc) is 3.03. The minimum absolute atomic E-state index is 0.0757. The van der Waals surface area contributed by atoms with Crippen LogP contribution in [0.15, 0.2) is 114 Å². The van der Waals surface area contributed by atoms with Gasteiger partial charge < -0.3 is 10.2 Å². The number of amides is 2. The number of carbonyl (C=O) groups is 2. The normalized spacial score (nSPS) is 12.6. The predicted octanol–water partition coefficient (Wildman–Crippen LogP) is 6.35. The molecule has 0 radical (unpaired) electrons. The monoisotopic (exact) mass is 723 g/mol. The molecular formula is C35H38IN3O4S. The van der Waals surface area contributed by atoms with E-state index in [1.54, 1.807) is 42.5 Å². The zero-order valence-electron chi connectivity index (χ0n) is 25.2. The Hall–Kier alpha value is -3.70. The Morgan fingerprint density at radius 1 is 0.818 bits per heavy atom. The molecule has 0 saturated carbocycles. The summed E-state index contributed by atoms with van der Waals surface area (Å²) in [4.78, 5) is 30.0. The van der Waals surface area contributed by atoms with Crippen molar-refractivity contribution in [3.8, 4) is 0 Å². The molecule has 0 fully saturated rings. The van der Waals surface area contributed by atoms with E-state index < -0.39 is 28.5 Å². The third kappa shape index (κ3) is 8.69. The third-order valence-electron chi connectivity index (χ3n) is 7.47. The lowest BCUT2D eigenvalue weighted by Gasteiger charge is -2.34. The Morgan fingerprint density at radius 3 is 2.00 bits per heavy atom. The first-order valence-corrected chi connectivity index (χ1v) is 17.1. The fraction of sp³-hybridized carbons (Fsp3) is 0.257. The number of anilines is 1. The number of nitrogens with zero attached hydrogens (tertiary/aromatic N) is 2. The molecule has 0 aliphatic rings. The zero-order valence-corrected chi connectivity index (χ0v) is 28.2. The molecule has 0 saturated heterocycles. The highest BCUT2D eigenvalue weighted by atomic mass is 127. The van der Waals surface area contributed by atoms with Crippen LogP contribution in [0.25, 0.3) is 0 Å². The molecule has 0 aromatic heterocycles. The van der Waals surface area contributed by atoms with Gasteiger partial charge in [-0.05, 0) is 90.4 Å². The van der Waals surface area contributed by atoms with Gasteiger partial charge in [-0.15, -0.1) is 0 Å². The van der Waals surface area contributed by atoms with E-state index in [1.165, 1.54) is 17.0 Å². The molecule has 4 aromatic rings. The van der Waals surface area contributed by atoms with Gasteiger partial charge in [-0.25, -0.2) is 8.42 Å². The molecular weight excluding hydrogens is 685 g/mol. The van der Waals surface area contributed by atoms with E-state index >= 15 is 0 Å². The van der Waals surface area contributed by atoms with Gasteiger partial charge in [0.1, 0.15) is 12.6 Å². The molecule has 44 heavy (non-hydrogen) atoms. The molecule has 0 unspecified atom stereocenters. The molecule has 2 amide bonds. The summed E-state index contributed by atoms with van der Waals surface area (Å²) in [5, 5.41) is 3.06. The van der Waals surface area contributed by atoms with E-state index in [1.807, 2.05) is 75.4 Å². The number of benzene rings is 4. The van der Waals surface area contributed by atoms with E-state index in [0.29, 0.717) is 5.69 Å². The van der Waals surface area contributed by atoms with E-state index in [0.717, 1.165) is 31.0 Å². The molecule has 230 valence electrons. The van der Waals surface area contributed by atoms with Crippen molar-refractivity contribution < 1.29 is 18.0 Å². The molecule has 0 aliphatic heterocycles. The number of hydrogen-bond donors (Lipinski definition) is 1. The number of rotatable bonds is 13. The largest absolute Gasteiger partial charge is 0.352 e. The highest BCUT2D eigenvalue weighted by molar-refractivity contribution is 14.1. The van der Waals surface area contributed by atoms with E-state index in [9.17, 15) is 18.0 Å². The highest BCUT2D eigenvalue weighted by Gasteiger charge is 2.35. The van der Waals surface area contributed by atoms with E-state index in [-0.39, 0.29) is 29.8 Å². The fourth-order valence-corrected chi connectivity index (χ4v) is 6.54. The average molecular weight is 724 g/mol. The maximum atomic E-state index is 14.5. The summed E-state index contributed by atoms with van der Waals surface area (Å²) in [5.41, 5.74) is 3.16. The molecule has 0 bridgehead atoms. The van der Waals surface area contributed by atoms with Gasteiger partial charge in [-0.2, -0.15) is 0 Å². The molecule has 4 aromatic carbocycles. The van der Waals surface area contributed by atoms with Crippen LogP contribution in [0.1, 0.15) is 37.0 Å². The maximum Gasteiger partial charge on any atom is 0.264 e. The second-order valence-corrected chi connectivity index (χ2v) is 13.9. The fourth-order valence-electron chi connectivity index (χ4n) is 4.74. The SMILES string of the molecule is CC[C@H](C)NC(=O)[C@H](Cc1ccccc1)N(Cc1ccc(C)cc1)C(=O)CN(c1ccc(I)cc1)S(=O)(=O)c1ccccc1. The molecule has 0 heterocycles. The van der Waals surface area contributed by atoms with Gasteiger partial charge in [0.25, 0.3) is 10.0 Å². The minimum atomic E-state index is -4.12. The molecule has 9 heteroatoms. The van der Waals surface area contributed by atoms with Crippen LogP contribution in [-0.4, -0.2) is 43.8 Å². The van der Waals surface area contributed by atoms with Gasteiger partial charge in [0.2, 0.25) is 11.8 Å². The Morgan fingerprint density at radius 2 is 1.41 bits per heavy atom. The van der Waals surface area contributed by atoms with Crippen molar-refractivity contribution in [1.82, 2.24) is 10.2 Å². The second kappa shape index (κ2) is 15.3.